The number of rotatable bonds is 8. The number of aliphatic hydroxyl groups is 2. The average Bonchev–Trinajstić information content (AvgIpc) is 2.69. The van der Waals surface area contributed by atoms with Crippen molar-refractivity contribution in [3.63, 3.8) is 0 Å². The molecule has 0 aliphatic carbocycles. The predicted octanol–water partition coefficient (Wildman–Crippen LogP) is 0.190. The first-order valence-corrected chi connectivity index (χ1v) is 6.68. The van der Waals surface area contributed by atoms with Gasteiger partial charge in [-0.1, -0.05) is 0 Å². The summed E-state index contributed by atoms with van der Waals surface area (Å²) >= 11 is 0. The summed E-state index contributed by atoms with van der Waals surface area (Å²) in [7, 11) is 0. The Bertz CT molecular complexity index is 304. The zero-order valence-electron chi connectivity index (χ0n) is 11.2. The van der Waals surface area contributed by atoms with Crippen molar-refractivity contribution in [2.75, 3.05) is 13.2 Å². The molecule has 2 N–H and O–H groups in total. The number of aliphatic hydroxyl groups excluding tert-OH is 2. The van der Waals surface area contributed by atoms with Gasteiger partial charge < -0.3 is 19.7 Å². The van der Waals surface area contributed by atoms with E-state index in [1.165, 1.54) is 0 Å². The molecule has 1 heterocycles. The lowest BCUT2D eigenvalue weighted by Crippen LogP contribution is -2.24. The van der Waals surface area contributed by atoms with Crippen LogP contribution in [0.4, 0.5) is 0 Å². The molecule has 0 radical (unpaired) electrons. The van der Waals surface area contributed by atoms with Crippen molar-refractivity contribution in [2.24, 2.45) is 0 Å². The van der Waals surface area contributed by atoms with Crippen LogP contribution in [0, 0.1) is 0 Å². The van der Waals surface area contributed by atoms with Gasteiger partial charge in [-0.3, -0.25) is 9.59 Å². The van der Waals surface area contributed by atoms with Crippen molar-refractivity contribution in [1.82, 2.24) is 0 Å². The minimum absolute atomic E-state index is 0.0000817. The maximum Gasteiger partial charge on any atom is 0.305 e. The number of esters is 1. The van der Waals surface area contributed by atoms with Gasteiger partial charge in [0.2, 0.25) is 0 Å². The van der Waals surface area contributed by atoms with Crippen molar-refractivity contribution in [3.05, 3.63) is 0 Å². The Morgan fingerprint density at radius 2 is 2.11 bits per heavy atom. The van der Waals surface area contributed by atoms with E-state index in [0.29, 0.717) is 25.9 Å². The largest absolute Gasteiger partial charge is 0.466 e. The van der Waals surface area contributed by atoms with Gasteiger partial charge in [0.25, 0.3) is 0 Å². The van der Waals surface area contributed by atoms with Crippen LogP contribution in [0.5, 0.6) is 0 Å². The van der Waals surface area contributed by atoms with Gasteiger partial charge in [-0.15, -0.1) is 0 Å². The van der Waals surface area contributed by atoms with E-state index in [0.717, 1.165) is 0 Å². The normalized spacial score (nSPS) is 26.4. The summed E-state index contributed by atoms with van der Waals surface area (Å²) in [5, 5.41) is 18.4. The molecule has 1 aliphatic rings. The smallest absolute Gasteiger partial charge is 0.305 e. The molecule has 0 amide bonds. The van der Waals surface area contributed by atoms with E-state index < -0.39 is 12.2 Å². The SMILES string of the molecule is CCOC(=O)CCCC(=O)CC1C[C@H](O)[C@@H](CO)O1. The molecule has 1 rings (SSSR count). The summed E-state index contributed by atoms with van der Waals surface area (Å²) in [6.45, 7) is 1.85. The molecule has 3 atom stereocenters. The molecule has 0 spiro atoms. The number of Topliss-reactive ketones (excluding diaryl/α,β-unsaturated/α-hetero) is 1. The summed E-state index contributed by atoms with van der Waals surface area (Å²) in [6, 6.07) is 0. The molecule has 1 unspecified atom stereocenters. The zero-order valence-corrected chi connectivity index (χ0v) is 11.2. The molecular formula is C13H22O6. The number of ether oxygens (including phenoxy) is 2. The van der Waals surface area contributed by atoms with E-state index in [9.17, 15) is 14.7 Å². The summed E-state index contributed by atoms with van der Waals surface area (Å²) in [5.41, 5.74) is 0. The maximum atomic E-state index is 11.7. The van der Waals surface area contributed by atoms with Gasteiger partial charge in [-0.25, -0.2) is 0 Å². The molecule has 1 aliphatic heterocycles. The Kier molecular flexibility index (Phi) is 6.97. The van der Waals surface area contributed by atoms with Gasteiger partial charge in [-0.05, 0) is 13.3 Å². The molecule has 6 heteroatoms. The summed E-state index contributed by atoms with van der Waals surface area (Å²) in [6.07, 6.45) is -0.0189. The molecule has 0 aromatic rings. The molecule has 110 valence electrons. The molecule has 6 nitrogen and oxygen atoms in total. The van der Waals surface area contributed by atoms with Crippen LogP contribution < -0.4 is 0 Å². The second-order valence-corrected chi connectivity index (χ2v) is 4.68. The van der Waals surface area contributed by atoms with Crippen molar-refractivity contribution in [2.45, 2.75) is 57.3 Å². The molecule has 0 bridgehead atoms. The molecule has 0 aromatic heterocycles. The van der Waals surface area contributed by atoms with Crippen LogP contribution in [0.1, 0.15) is 39.0 Å². The minimum atomic E-state index is -0.706. The van der Waals surface area contributed by atoms with E-state index in [2.05, 4.69) is 0 Å². The van der Waals surface area contributed by atoms with E-state index in [-0.39, 0.29) is 37.3 Å². The number of carbonyl (C=O) groups excluding carboxylic acids is 2. The van der Waals surface area contributed by atoms with E-state index in [1.807, 2.05) is 0 Å². The fourth-order valence-electron chi connectivity index (χ4n) is 2.13. The monoisotopic (exact) mass is 274 g/mol. The third kappa shape index (κ3) is 5.67. The summed E-state index contributed by atoms with van der Waals surface area (Å²) in [5.74, 6) is -0.289. The lowest BCUT2D eigenvalue weighted by Gasteiger charge is -2.11. The van der Waals surface area contributed by atoms with Crippen molar-refractivity contribution < 1.29 is 29.3 Å². The van der Waals surface area contributed by atoms with Gasteiger partial charge in [0, 0.05) is 25.7 Å². The van der Waals surface area contributed by atoms with Crippen molar-refractivity contribution in [3.8, 4) is 0 Å². The quantitative estimate of drug-likeness (QED) is 0.614. The highest BCUT2D eigenvalue weighted by molar-refractivity contribution is 5.79. The van der Waals surface area contributed by atoms with Gasteiger partial charge in [0.1, 0.15) is 11.9 Å². The van der Waals surface area contributed by atoms with E-state index in [4.69, 9.17) is 14.6 Å². The average molecular weight is 274 g/mol. The highest BCUT2D eigenvalue weighted by atomic mass is 16.5. The van der Waals surface area contributed by atoms with Gasteiger partial charge in [-0.2, -0.15) is 0 Å². The highest BCUT2D eigenvalue weighted by Crippen LogP contribution is 2.23. The number of ketones is 1. The molecule has 0 aromatic carbocycles. The fourth-order valence-corrected chi connectivity index (χ4v) is 2.13. The van der Waals surface area contributed by atoms with Gasteiger partial charge in [0.05, 0.1) is 25.4 Å². The fraction of sp³-hybridized carbons (Fsp3) is 0.846. The Morgan fingerprint density at radius 1 is 1.37 bits per heavy atom. The van der Waals surface area contributed by atoms with Crippen molar-refractivity contribution >= 4 is 11.8 Å². The third-order valence-electron chi connectivity index (χ3n) is 3.08. The van der Waals surface area contributed by atoms with Crippen LogP contribution in [0.25, 0.3) is 0 Å². The molecule has 19 heavy (non-hydrogen) atoms. The number of carbonyl (C=O) groups is 2. The lowest BCUT2D eigenvalue weighted by molar-refractivity contribution is -0.143. The minimum Gasteiger partial charge on any atom is -0.466 e. The standard InChI is InChI=1S/C13H22O6/c1-2-18-13(17)5-3-4-9(15)6-10-7-11(16)12(8-14)19-10/h10-12,14,16H,2-8H2,1H3/t10?,11-,12+/m0/s1. The Morgan fingerprint density at radius 3 is 2.68 bits per heavy atom. The first kappa shape index (κ1) is 16.1. The van der Waals surface area contributed by atoms with Crippen LogP contribution in [-0.4, -0.2) is 53.5 Å². The van der Waals surface area contributed by atoms with E-state index >= 15 is 0 Å². The van der Waals surface area contributed by atoms with Crippen LogP contribution >= 0.6 is 0 Å². The van der Waals surface area contributed by atoms with Crippen LogP contribution in [0.3, 0.4) is 0 Å². The highest BCUT2D eigenvalue weighted by Gasteiger charge is 2.34. The zero-order chi connectivity index (χ0) is 14.3. The molecule has 1 saturated heterocycles. The number of hydrogen-bond donors (Lipinski definition) is 2. The van der Waals surface area contributed by atoms with Crippen molar-refractivity contribution in [1.29, 1.82) is 0 Å². The first-order valence-electron chi connectivity index (χ1n) is 6.68. The lowest BCUT2D eigenvalue weighted by atomic mass is 10.0. The topological polar surface area (TPSA) is 93.1 Å². The first-order chi connectivity index (χ1) is 9.06. The maximum absolute atomic E-state index is 11.7. The van der Waals surface area contributed by atoms with Crippen LogP contribution in [0.15, 0.2) is 0 Å². The van der Waals surface area contributed by atoms with Gasteiger partial charge in [0.15, 0.2) is 0 Å². The second kappa shape index (κ2) is 8.24. The van der Waals surface area contributed by atoms with Crippen LogP contribution in [0.2, 0.25) is 0 Å². The number of hydrogen-bond acceptors (Lipinski definition) is 6. The molecule has 0 saturated carbocycles. The molecule has 1 fully saturated rings. The third-order valence-corrected chi connectivity index (χ3v) is 3.08. The molecular weight excluding hydrogens is 252 g/mol. The summed E-state index contributed by atoms with van der Waals surface area (Å²) < 4.78 is 10.1. The van der Waals surface area contributed by atoms with Crippen LogP contribution in [-0.2, 0) is 19.1 Å². The Hall–Kier alpha value is -0.980. The van der Waals surface area contributed by atoms with E-state index in [1.54, 1.807) is 6.92 Å². The summed E-state index contributed by atoms with van der Waals surface area (Å²) in [4.78, 5) is 22.7. The predicted molar refractivity (Wildman–Crippen MR) is 66.5 cm³/mol. The van der Waals surface area contributed by atoms with Gasteiger partial charge >= 0.3 is 5.97 Å². The second-order valence-electron chi connectivity index (χ2n) is 4.68. The Balaban J connectivity index is 2.16. The Labute approximate surface area is 112 Å².